The van der Waals surface area contributed by atoms with Crippen LogP contribution in [0.15, 0.2) is 30.6 Å². The summed E-state index contributed by atoms with van der Waals surface area (Å²) in [5.74, 6) is -0.312. The summed E-state index contributed by atoms with van der Waals surface area (Å²) < 4.78 is 0. The van der Waals surface area contributed by atoms with Crippen molar-refractivity contribution in [2.24, 2.45) is 0 Å². The molecule has 0 bridgehead atoms. The van der Waals surface area contributed by atoms with Gasteiger partial charge in [0, 0.05) is 11.8 Å². The molecule has 0 aliphatic heterocycles. The highest BCUT2D eigenvalue weighted by molar-refractivity contribution is 5.97. The summed E-state index contributed by atoms with van der Waals surface area (Å²) in [4.78, 5) is 12.0. The molecular weight excluding hydrogens is 230 g/mol. The molecular formula is C13H15N3O2. The molecule has 1 unspecified atom stereocenters. The third-order valence-corrected chi connectivity index (χ3v) is 2.76. The molecule has 0 saturated heterocycles. The van der Waals surface area contributed by atoms with E-state index in [2.05, 4.69) is 15.5 Å². The Bertz CT molecular complexity index is 549. The Morgan fingerprint density at radius 2 is 2.28 bits per heavy atom. The summed E-state index contributed by atoms with van der Waals surface area (Å²) >= 11 is 0. The Morgan fingerprint density at radius 1 is 1.50 bits per heavy atom. The molecule has 0 saturated carbocycles. The fourth-order valence-corrected chi connectivity index (χ4v) is 1.69. The molecule has 2 rings (SSSR count). The summed E-state index contributed by atoms with van der Waals surface area (Å²) in [6.07, 6.45) is 3.37. The molecule has 0 fully saturated rings. The van der Waals surface area contributed by atoms with Gasteiger partial charge >= 0.3 is 0 Å². The van der Waals surface area contributed by atoms with Crippen molar-refractivity contribution >= 4 is 5.91 Å². The van der Waals surface area contributed by atoms with Crippen LogP contribution in [0.2, 0.25) is 0 Å². The summed E-state index contributed by atoms with van der Waals surface area (Å²) in [6.45, 7) is 3.71. The van der Waals surface area contributed by atoms with Crippen LogP contribution in [0.4, 0.5) is 0 Å². The zero-order valence-corrected chi connectivity index (χ0v) is 10.3. The van der Waals surface area contributed by atoms with E-state index in [1.807, 2.05) is 13.8 Å². The second kappa shape index (κ2) is 4.91. The first-order valence-corrected chi connectivity index (χ1v) is 5.67. The highest BCUT2D eigenvalue weighted by Gasteiger charge is 2.15. The normalized spacial score (nSPS) is 12.1. The first-order chi connectivity index (χ1) is 8.58. The van der Waals surface area contributed by atoms with E-state index in [0.717, 1.165) is 11.1 Å². The summed E-state index contributed by atoms with van der Waals surface area (Å²) in [5.41, 5.74) is 2.07. The zero-order chi connectivity index (χ0) is 13.1. The number of benzene rings is 1. The van der Waals surface area contributed by atoms with Crippen molar-refractivity contribution in [3.63, 3.8) is 0 Å². The van der Waals surface area contributed by atoms with Gasteiger partial charge in [0.05, 0.1) is 17.8 Å². The third kappa shape index (κ3) is 2.51. The SMILES string of the molecule is Cc1ccc(C(=O)NC(C)c2cn[nH]c2)c(O)c1. The number of phenols is 1. The number of hydrogen-bond donors (Lipinski definition) is 3. The molecule has 5 nitrogen and oxygen atoms in total. The second-order valence-corrected chi connectivity index (χ2v) is 4.25. The monoisotopic (exact) mass is 245 g/mol. The molecule has 1 aromatic heterocycles. The van der Waals surface area contributed by atoms with Gasteiger partial charge < -0.3 is 10.4 Å². The predicted octanol–water partition coefficient (Wildman–Crippen LogP) is 1.91. The Hall–Kier alpha value is -2.30. The highest BCUT2D eigenvalue weighted by Crippen LogP contribution is 2.19. The molecule has 3 N–H and O–H groups in total. The second-order valence-electron chi connectivity index (χ2n) is 4.25. The fraction of sp³-hybridized carbons (Fsp3) is 0.231. The molecule has 18 heavy (non-hydrogen) atoms. The van der Waals surface area contributed by atoms with E-state index >= 15 is 0 Å². The van der Waals surface area contributed by atoms with Gasteiger partial charge in [0.25, 0.3) is 5.91 Å². The Labute approximate surface area is 105 Å². The number of aryl methyl sites for hydroxylation is 1. The molecule has 0 aliphatic carbocycles. The van der Waals surface area contributed by atoms with Gasteiger partial charge in [0.2, 0.25) is 0 Å². The van der Waals surface area contributed by atoms with Gasteiger partial charge in [-0.05, 0) is 31.5 Å². The summed E-state index contributed by atoms with van der Waals surface area (Å²) in [7, 11) is 0. The standard InChI is InChI=1S/C13H15N3O2/c1-8-3-4-11(12(17)5-8)13(18)16-9(2)10-6-14-15-7-10/h3-7,9,17H,1-2H3,(H,14,15)(H,16,18). The Balaban J connectivity index is 2.12. The topological polar surface area (TPSA) is 78.0 Å². The molecule has 94 valence electrons. The molecule has 0 spiro atoms. The number of rotatable bonds is 3. The molecule has 1 aromatic carbocycles. The van der Waals surface area contributed by atoms with Crippen LogP contribution < -0.4 is 5.32 Å². The lowest BCUT2D eigenvalue weighted by Gasteiger charge is -2.13. The van der Waals surface area contributed by atoms with Crippen LogP contribution in [-0.2, 0) is 0 Å². The van der Waals surface area contributed by atoms with Crippen molar-refractivity contribution in [1.29, 1.82) is 0 Å². The van der Waals surface area contributed by atoms with E-state index in [9.17, 15) is 9.90 Å². The molecule has 1 amide bonds. The molecule has 2 aromatic rings. The van der Waals surface area contributed by atoms with Crippen LogP contribution in [0.3, 0.4) is 0 Å². The number of aromatic nitrogens is 2. The number of aromatic hydroxyl groups is 1. The maximum atomic E-state index is 12.0. The first kappa shape index (κ1) is 12.2. The van der Waals surface area contributed by atoms with Gasteiger partial charge in [0.15, 0.2) is 0 Å². The van der Waals surface area contributed by atoms with Gasteiger partial charge in [-0.2, -0.15) is 5.10 Å². The van der Waals surface area contributed by atoms with E-state index in [0.29, 0.717) is 0 Å². The highest BCUT2D eigenvalue weighted by atomic mass is 16.3. The average Bonchev–Trinajstić information content (AvgIpc) is 2.81. The fourth-order valence-electron chi connectivity index (χ4n) is 1.69. The van der Waals surface area contributed by atoms with Gasteiger partial charge in [-0.15, -0.1) is 0 Å². The number of phenolic OH excluding ortho intramolecular Hbond substituents is 1. The van der Waals surface area contributed by atoms with E-state index in [4.69, 9.17) is 0 Å². The molecule has 0 radical (unpaired) electrons. The Morgan fingerprint density at radius 3 is 2.89 bits per heavy atom. The maximum Gasteiger partial charge on any atom is 0.255 e. The molecule has 5 heteroatoms. The number of nitrogens with one attached hydrogen (secondary N) is 2. The molecule has 0 aliphatic rings. The lowest BCUT2D eigenvalue weighted by atomic mass is 10.1. The third-order valence-electron chi connectivity index (χ3n) is 2.76. The number of H-pyrrole nitrogens is 1. The van der Waals surface area contributed by atoms with Crippen LogP contribution >= 0.6 is 0 Å². The predicted molar refractivity (Wildman–Crippen MR) is 67.3 cm³/mol. The number of hydrogen-bond acceptors (Lipinski definition) is 3. The van der Waals surface area contributed by atoms with E-state index in [1.54, 1.807) is 30.6 Å². The van der Waals surface area contributed by atoms with Crippen molar-refractivity contribution in [3.05, 3.63) is 47.3 Å². The minimum absolute atomic E-state index is 0.00751. The van der Waals surface area contributed by atoms with E-state index in [1.165, 1.54) is 0 Å². The average molecular weight is 245 g/mol. The van der Waals surface area contributed by atoms with Crippen molar-refractivity contribution in [2.75, 3.05) is 0 Å². The summed E-state index contributed by atoms with van der Waals surface area (Å²) in [5, 5.41) is 19.0. The van der Waals surface area contributed by atoms with Gasteiger partial charge in [-0.1, -0.05) is 6.07 Å². The Kier molecular flexibility index (Phi) is 3.32. The number of nitrogens with zero attached hydrogens (tertiary/aromatic N) is 1. The molecule has 1 heterocycles. The lowest BCUT2D eigenvalue weighted by Crippen LogP contribution is -2.26. The van der Waals surface area contributed by atoms with Crippen LogP contribution in [0.1, 0.15) is 34.5 Å². The van der Waals surface area contributed by atoms with Crippen molar-refractivity contribution in [3.8, 4) is 5.75 Å². The van der Waals surface area contributed by atoms with Crippen molar-refractivity contribution in [1.82, 2.24) is 15.5 Å². The van der Waals surface area contributed by atoms with Crippen molar-refractivity contribution < 1.29 is 9.90 Å². The smallest absolute Gasteiger partial charge is 0.255 e. The van der Waals surface area contributed by atoms with E-state index < -0.39 is 0 Å². The van der Waals surface area contributed by atoms with Crippen molar-refractivity contribution in [2.45, 2.75) is 19.9 Å². The zero-order valence-electron chi connectivity index (χ0n) is 10.3. The number of carbonyl (C=O) groups excluding carboxylic acids is 1. The minimum Gasteiger partial charge on any atom is -0.507 e. The molecule has 1 atom stereocenters. The van der Waals surface area contributed by atoms with Crippen LogP contribution in [0, 0.1) is 6.92 Å². The quantitative estimate of drug-likeness (QED) is 0.773. The number of amides is 1. The van der Waals surface area contributed by atoms with Gasteiger partial charge in [-0.25, -0.2) is 0 Å². The maximum absolute atomic E-state index is 12.0. The summed E-state index contributed by atoms with van der Waals surface area (Å²) in [6, 6.07) is 4.80. The lowest BCUT2D eigenvalue weighted by molar-refractivity contribution is 0.0937. The van der Waals surface area contributed by atoms with Crippen LogP contribution in [0.5, 0.6) is 5.75 Å². The van der Waals surface area contributed by atoms with E-state index in [-0.39, 0.29) is 23.3 Å². The van der Waals surface area contributed by atoms with Gasteiger partial charge in [0.1, 0.15) is 5.75 Å². The van der Waals surface area contributed by atoms with Crippen LogP contribution in [0.25, 0.3) is 0 Å². The first-order valence-electron chi connectivity index (χ1n) is 5.67. The number of aromatic amines is 1. The van der Waals surface area contributed by atoms with Crippen LogP contribution in [-0.4, -0.2) is 21.2 Å². The number of carbonyl (C=O) groups is 1. The minimum atomic E-state index is -0.304. The van der Waals surface area contributed by atoms with Gasteiger partial charge in [-0.3, -0.25) is 9.89 Å². The largest absolute Gasteiger partial charge is 0.507 e.